The van der Waals surface area contributed by atoms with Crippen molar-refractivity contribution in [2.45, 2.75) is 10.9 Å². The maximum absolute atomic E-state index is 6.23. The molecule has 0 radical (unpaired) electrons. The minimum atomic E-state index is 0.532. The summed E-state index contributed by atoms with van der Waals surface area (Å²) in [5.41, 5.74) is 2.36. The summed E-state index contributed by atoms with van der Waals surface area (Å²) in [6, 6.07) is 11.0. The Morgan fingerprint density at radius 3 is 2.81 bits per heavy atom. The Morgan fingerprint density at radius 1 is 1.15 bits per heavy atom. The first-order valence-corrected chi connectivity index (χ1v) is 9.69. The second-order valence-corrected chi connectivity index (χ2v) is 7.48. The maximum atomic E-state index is 6.23. The van der Waals surface area contributed by atoms with Gasteiger partial charge in [0.05, 0.1) is 10.8 Å². The summed E-state index contributed by atoms with van der Waals surface area (Å²) in [6.07, 6.45) is 3.49. The molecule has 27 heavy (non-hydrogen) atoms. The lowest BCUT2D eigenvalue weighted by Crippen LogP contribution is -1.95. The summed E-state index contributed by atoms with van der Waals surface area (Å²) in [5, 5.41) is 14.5. The molecule has 6 nitrogen and oxygen atoms in total. The van der Waals surface area contributed by atoms with Crippen molar-refractivity contribution in [1.29, 1.82) is 0 Å². The van der Waals surface area contributed by atoms with E-state index in [1.54, 1.807) is 24.5 Å². The van der Waals surface area contributed by atoms with Crippen molar-refractivity contribution in [3.05, 3.63) is 64.6 Å². The molecule has 9 heteroatoms. The summed E-state index contributed by atoms with van der Waals surface area (Å²) >= 11 is 13.7. The summed E-state index contributed by atoms with van der Waals surface area (Å²) in [7, 11) is 1.92. The van der Waals surface area contributed by atoms with E-state index in [1.165, 1.54) is 11.8 Å². The van der Waals surface area contributed by atoms with Gasteiger partial charge in [0, 0.05) is 41.7 Å². The fourth-order valence-electron chi connectivity index (χ4n) is 2.53. The first-order chi connectivity index (χ1) is 13.1. The van der Waals surface area contributed by atoms with Gasteiger partial charge in [-0.2, -0.15) is 0 Å². The molecule has 4 aromatic rings. The van der Waals surface area contributed by atoms with Crippen molar-refractivity contribution in [3.8, 4) is 22.6 Å². The molecule has 3 heterocycles. The summed E-state index contributed by atoms with van der Waals surface area (Å²) in [6.45, 7) is 0. The first kappa shape index (κ1) is 18.0. The predicted molar refractivity (Wildman–Crippen MR) is 106 cm³/mol. The lowest BCUT2D eigenvalue weighted by Gasteiger charge is -2.02. The van der Waals surface area contributed by atoms with Gasteiger partial charge in [-0.25, -0.2) is 0 Å². The molecule has 0 aliphatic carbocycles. The molecule has 0 bridgehead atoms. The number of hydrogen-bond acceptors (Lipinski definition) is 6. The van der Waals surface area contributed by atoms with Crippen LogP contribution in [-0.2, 0) is 12.8 Å². The summed E-state index contributed by atoms with van der Waals surface area (Å²) < 4.78 is 7.35. The van der Waals surface area contributed by atoms with Crippen molar-refractivity contribution >= 4 is 35.0 Å². The third kappa shape index (κ3) is 3.85. The molecule has 136 valence electrons. The number of benzene rings is 1. The maximum Gasteiger partial charge on any atom is 0.191 e. The summed E-state index contributed by atoms with van der Waals surface area (Å²) in [4.78, 5) is 4.12. The highest BCUT2D eigenvalue weighted by atomic mass is 35.5. The average Bonchev–Trinajstić information content (AvgIpc) is 3.27. The third-order valence-corrected chi connectivity index (χ3v) is 5.45. The van der Waals surface area contributed by atoms with Crippen molar-refractivity contribution in [1.82, 2.24) is 24.9 Å². The lowest BCUT2D eigenvalue weighted by molar-refractivity contribution is 0.397. The fourth-order valence-corrected chi connectivity index (χ4v) is 3.82. The molecular formula is C18H13Cl2N5OS. The number of aromatic nitrogens is 5. The van der Waals surface area contributed by atoms with E-state index in [-0.39, 0.29) is 0 Å². The molecule has 0 N–H and O–H groups in total. The molecule has 0 spiro atoms. The Bertz CT molecular complexity index is 1080. The topological polar surface area (TPSA) is 69.6 Å². The van der Waals surface area contributed by atoms with E-state index < -0.39 is 0 Å². The Kier molecular flexibility index (Phi) is 5.15. The largest absolute Gasteiger partial charge is 0.360 e. The van der Waals surface area contributed by atoms with Gasteiger partial charge in [-0.15, -0.1) is 10.2 Å². The van der Waals surface area contributed by atoms with E-state index >= 15 is 0 Å². The van der Waals surface area contributed by atoms with Gasteiger partial charge in [0.15, 0.2) is 11.0 Å². The van der Waals surface area contributed by atoms with E-state index in [1.807, 2.05) is 35.9 Å². The minimum Gasteiger partial charge on any atom is -0.360 e. The minimum absolute atomic E-state index is 0.532. The molecule has 1 aromatic carbocycles. The van der Waals surface area contributed by atoms with Crippen LogP contribution in [0.15, 0.2) is 58.5 Å². The fraction of sp³-hybridized carbons (Fsp3) is 0.111. The van der Waals surface area contributed by atoms with Crippen LogP contribution in [0.4, 0.5) is 0 Å². The van der Waals surface area contributed by atoms with E-state index in [9.17, 15) is 0 Å². The Labute approximate surface area is 169 Å². The number of nitrogens with zero attached hydrogens (tertiary/aromatic N) is 5. The average molecular weight is 418 g/mol. The smallest absolute Gasteiger partial charge is 0.191 e. The van der Waals surface area contributed by atoms with Gasteiger partial charge in [0.1, 0.15) is 11.5 Å². The first-order valence-electron chi connectivity index (χ1n) is 7.95. The quantitative estimate of drug-likeness (QED) is 0.419. The molecule has 0 aliphatic heterocycles. The van der Waals surface area contributed by atoms with Crippen molar-refractivity contribution < 1.29 is 4.52 Å². The standard InChI is InChI=1S/C18H13Cl2N5OS/c1-25-17(11-3-2-6-21-9-11)22-23-18(25)27-10-13-8-16(24-26-13)14-5-4-12(19)7-15(14)20/h2-9H,10H2,1H3. The van der Waals surface area contributed by atoms with Gasteiger partial charge in [0.2, 0.25) is 0 Å². The molecular weight excluding hydrogens is 405 g/mol. The molecule has 4 rings (SSSR count). The zero-order valence-corrected chi connectivity index (χ0v) is 16.5. The predicted octanol–water partition coefficient (Wildman–Crippen LogP) is 5.13. The van der Waals surface area contributed by atoms with E-state index in [0.717, 1.165) is 22.1 Å². The van der Waals surface area contributed by atoms with E-state index in [2.05, 4.69) is 20.3 Å². The number of halogens is 2. The van der Waals surface area contributed by atoms with Crippen LogP contribution in [0.25, 0.3) is 22.6 Å². The van der Waals surface area contributed by atoms with Crippen LogP contribution in [-0.4, -0.2) is 24.9 Å². The molecule has 0 aliphatic rings. The van der Waals surface area contributed by atoms with E-state index in [0.29, 0.717) is 27.3 Å². The van der Waals surface area contributed by atoms with Gasteiger partial charge in [0.25, 0.3) is 0 Å². The molecule has 0 unspecified atom stereocenters. The number of rotatable bonds is 5. The Hall–Kier alpha value is -2.35. The number of pyridine rings is 1. The lowest BCUT2D eigenvalue weighted by atomic mass is 10.1. The highest BCUT2D eigenvalue weighted by Gasteiger charge is 2.14. The second kappa shape index (κ2) is 7.72. The van der Waals surface area contributed by atoms with Gasteiger partial charge in [-0.05, 0) is 30.3 Å². The monoisotopic (exact) mass is 417 g/mol. The van der Waals surface area contributed by atoms with Crippen LogP contribution in [0, 0.1) is 0 Å². The zero-order chi connectivity index (χ0) is 18.8. The van der Waals surface area contributed by atoms with E-state index in [4.69, 9.17) is 27.7 Å². The van der Waals surface area contributed by atoms with Crippen LogP contribution in [0.1, 0.15) is 5.76 Å². The van der Waals surface area contributed by atoms with Crippen LogP contribution < -0.4 is 0 Å². The molecule has 0 saturated heterocycles. The highest BCUT2D eigenvalue weighted by molar-refractivity contribution is 7.98. The Morgan fingerprint density at radius 2 is 2.04 bits per heavy atom. The number of thioether (sulfide) groups is 1. The number of hydrogen-bond donors (Lipinski definition) is 0. The van der Waals surface area contributed by atoms with Crippen LogP contribution in [0.3, 0.4) is 0 Å². The van der Waals surface area contributed by atoms with Crippen LogP contribution in [0.2, 0.25) is 10.0 Å². The van der Waals surface area contributed by atoms with Gasteiger partial charge in [-0.1, -0.05) is 40.1 Å². The zero-order valence-electron chi connectivity index (χ0n) is 14.1. The van der Waals surface area contributed by atoms with Crippen molar-refractivity contribution in [2.75, 3.05) is 0 Å². The third-order valence-electron chi connectivity index (χ3n) is 3.86. The summed E-state index contributed by atoms with van der Waals surface area (Å²) in [5.74, 6) is 2.04. The highest BCUT2D eigenvalue weighted by Crippen LogP contribution is 2.31. The van der Waals surface area contributed by atoms with Crippen LogP contribution >= 0.6 is 35.0 Å². The molecule has 0 fully saturated rings. The normalized spacial score (nSPS) is 11.1. The van der Waals surface area contributed by atoms with Gasteiger partial charge >= 0.3 is 0 Å². The molecule has 0 atom stereocenters. The molecule has 0 saturated carbocycles. The SMILES string of the molecule is Cn1c(SCc2cc(-c3ccc(Cl)cc3Cl)no2)nnc1-c1cccnc1. The van der Waals surface area contributed by atoms with Crippen molar-refractivity contribution in [3.63, 3.8) is 0 Å². The second-order valence-electron chi connectivity index (χ2n) is 5.70. The molecule has 0 amide bonds. The Balaban J connectivity index is 1.49. The van der Waals surface area contributed by atoms with Crippen molar-refractivity contribution in [2.24, 2.45) is 7.05 Å². The van der Waals surface area contributed by atoms with Gasteiger partial charge in [-0.3, -0.25) is 4.98 Å². The van der Waals surface area contributed by atoms with Gasteiger partial charge < -0.3 is 9.09 Å². The van der Waals surface area contributed by atoms with Crippen LogP contribution in [0.5, 0.6) is 0 Å². The molecule has 3 aromatic heterocycles.